The van der Waals surface area contributed by atoms with E-state index < -0.39 is 5.97 Å². The second-order valence-electron chi connectivity index (χ2n) is 2.03. The van der Waals surface area contributed by atoms with Crippen molar-refractivity contribution in [2.45, 2.75) is 0 Å². The lowest BCUT2D eigenvalue weighted by molar-refractivity contribution is -0.129. The maximum atomic E-state index is 10.7. The Hall–Kier alpha value is -1.07. The maximum Gasteiger partial charge on any atom is 0.359 e. The summed E-state index contributed by atoms with van der Waals surface area (Å²) in [5, 5.41) is 14.2. The van der Waals surface area contributed by atoms with E-state index in [9.17, 15) is 4.79 Å². The second-order valence-corrected chi connectivity index (χ2v) is 3.35. The van der Waals surface area contributed by atoms with E-state index in [1.54, 1.807) is 11.4 Å². The molecule has 0 aliphatic heterocycles. The molecule has 1 heterocycles. The van der Waals surface area contributed by atoms with Crippen LogP contribution in [0.4, 0.5) is 0 Å². The summed E-state index contributed by atoms with van der Waals surface area (Å²) in [4.78, 5) is 15.5. The van der Waals surface area contributed by atoms with Gasteiger partial charge in [0.15, 0.2) is 0 Å². The van der Waals surface area contributed by atoms with E-state index in [0.717, 1.165) is 0 Å². The average Bonchev–Trinajstić information content (AvgIpc) is 2.47. The Labute approximate surface area is 83.4 Å². The Morgan fingerprint density at radius 3 is 2.85 bits per heavy atom. The van der Waals surface area contributed by atoms with Crippen LogP contribution in [-0.2, 0) is 9.63 Å². The van der Waals surface area contributed by atoms with E-state index in [-0.39, 0.29) is 5.71 Å². The van der Waals surface area contributed by atoms with Crippen molar-refractivity contribution in [2.24, 2.45) is 5.16 Å². The molecule has 1 rings (SSSR count). The van der Waals surface area contributed by atoms with Crippen LogP contribution in [0.5, 0.6) is 0 Å². The number of nitrogens with zero attached hydrogens (tertiary/aromatic N) is 1. The molecule has 70 valence electrons. The molecule has 0 atom stereocenters. The van der Waals surface area contributed by atoms with Crippen LogP contribution in [0.3, 0.4) is 0 Å². The lowest BCUT2D eigenvalue weighted by Crippen LogP contribution is -2.13. The minimum Gasteiger partial charge on any atom is -0.476 e. The van der Waals surface area contributed by atoms with Gasteiger partial charge in [0.25, 0.3) is 0 Å². The van der Waals surface area contributed by atoms with Gasteiger partial charge in [-0.2, -0.15) is 0 Å². The molecule has 0 saturated heterocycles. The number of aliphatic carboxylic acids is 1. The van der Waals surface area contributed by atoms with Crippen LogP contribution in [0.1, 0.15) is 4.88 Å². The zero-order valence-electron chi connectivity index (χ0n) is 6.65. The van der Waals surface area contributed by atoms with Gasteiger partial charge >= 0.3 is 5.97 Å². The van der Waals surface area contributed by atoms with Gasteiger partial charge in [0.1, 0.15) is 7.11 Å². The first-order valence-corrected chi connectivity index (χ1v) is 4.50. The number of oxime groups is 1. The van der Waals surface area contributed by atoms with Gasteiger partial charge < -0.3 is 9.94 Å². The largest absolute Gasteiger partial charge is 0.476 e. The van der Waals surface area contributed by atoms with Crippen molar-refractivity contribution in [1.82, 2.24) is 0 Å². The molecule has 13 heavy (non-hydrogen) atoms. The summed E-state index contributed by atoms with van der Waals surface area (Å²) in [7, 11) is 1.28. The van der Waals surface area contributed by atoms with Crippen LogP contribution < -0.4 is 0 Å². The van der Waals surface area contributed by atoms with Crippen molar-refractivity contribution in [3.63, 3.8) is 0 Å². The zero-order valence-corrected chi connectivity index (χ0v) is 8.22. The molecule has 1 aromatic rings. The Bertz CT molecular complexity index is 347. The molecule has 0 aliphatic rings. The summed E-state index contributed by atoms with van der Waals surface area (Å²) in [6.07, 6.45) is 0. The molecular formula is C7H6ClNO3S. The van der Waals surface area contributed by atoms with Crippen molar-refractivity contribution < 1.29 is 14.7 Å². The summed E-state index contributed by atoms with van der Waals surface area (Å²) in [5.41, 5.74) is -0.178. The summed E-state index contributed by atoms with van der Waals surface area (Å²) in [6.45, 7) is 0. The molecule has 0 radical (unpaired) electrons. The van der Waals surface area contributed by atoms with E-state index in [1.165, 1.54) is 18.4 Å². The SMILES string of the molecule is CO/N=C(\C(=O)O)c1sccc1Cl. The minimum atomic E-state index is -1.16. The van der Waals surface area contributed by atoms with E-state index in [2.05, 4.69) is 9.99 Å². The van der Waals surface area contributed by atoms with Crippen molar-refractivity contribution in [2.75, 3.05) is 7.11 Å². The molecule has 0 saturated carbocycles. The number of carboxylic acids is 1. The Morgan fingerprint density at radius 2 is 2.46 bits per heavy atom. The number of thiophene rings is 1. The molecule has 0 aromatic carbocycles. The molecule has 4 nitrogen and oxygen atoms in total. The van der Waals surface area contributed by atoms with Gasteiger partial charge in [-0.05, 0) is 11.4 Å². The molecule has 0 fully saturated rings. The highest BCUT2D eigenvalue weighted by molar-refractivity contribution is 7.13. The first-order chi connectivity index (χ1) is 6.16. The first-order valence-electron chi connectivity index (χ1n) is 3.24. The third-order valence-electron chi connectivity index (χ3n) is 1.22. The number of hydrogen-bond acceptors (Lipinski definition) is 4. The van der Waals surface area contributed by atoms with Gasteiger partial charge in [0.05, 0.1) is 9.90 Å². The van der Waals surface area contributed by atoms with Gasteiger partial charge in [0, 0.05) is 0 Å². The summed E-state index contributed by atoms with van der Waals surface area (Å²) in [6, 6.07) is 1.61. The third kappa shape index (κ3) is 2.19. The fourth-order valence-corrected chi connectivity index (χ4v) is 1.85. The lowest BCUT2D eigenvalue weighted by Gasteiger charge is -1.96. The Kier molecular flexibility index (Phi) is 3.27. The molecule has 0 bridgehead atoms. The predicted molar refractivity (Wildman–Crippen MR) is 50.5 cm³/mol. The number of hydrogen-bond donors (Lipinski definition) is 1. The number of halogens is 1. The molecule has 0 amide bonds. The van der Waals surface area contributed by atoms with Crippen molar-refractivity contribution in [3.8, 4) is 0 Å². The van der Waals surface area contributed by atoms with Gasteiger partial charge in [-0.15, -0.1) is 11.3 Å². The van der Waals surface area contributed by atoms with Gasteiger partial charge in [-0.1, -0.05) is 16.8 Å². The highest BCUT2D eigenvalue weighted by Crippen LogP contribution is 2.22. The van der Waals surface area contributed by atoms with E-state index in [1.807, 2.05) is 0 Å². The molecular weight excluding hydrogens is 214 g/mol. The summed E-state index contributed by atoms with van der Waals surface area (Å²) >= 11 is 6.93. The molecule has 0 aliphatic carbocycles. The molecule has 1 N–H and O–H groups in total. The normalized spacial score (nSPS) is 11.4. The monoisotopic (exact) mass is 219 g/mol. The molecule has 0 unspecified atom stereocenters. The van der Waals surface area contributed by atoms with Gasteiger partial charge in [-0.25, -0.2) is 4.79 Å². The van der Waals surface area contributed by atoms with Crippen LogP contribution in [0, 0.1) is 0 Å². The van der Waals surface area contributed by atoms with Gasteiger partial charge in [-0.3, -0.25) is 0 Å². The minimum absolute atomic E-state index is 0.178. The fraction of sp³-hybridized carbons (Fsp3) is 0.143. The van der Waals surface area contributed by atoms with Crippen molar-refractivity contribution in [3.05, 3.63) is 21.3 Å². The highest BCUT2D eigenvalue weighted by atomic mass is 35.5. The Balaban J connectivity index is 3.10. The summed E-state index contributed by atoms with van der Waals surface area (Å²) in [5.74, 6) is -1.16. The highest BCUT2D eigenvalue weighted by Gasteiger charge is 2.17. The Morgan fingerprint density at radius 1 is 1.77 bits per heavy atom. The maximum absolute atomic E-state index is 10.7. The van der Waals surface area contributed by atoms with E-state index >= 15 is 0 Å². The number of carboxylic acid groups (broad SMARTS) is 1. The van der Waals surface area contributed by atoms with Crippen LogP contribution in [0.2, 0.25) is 5.02 Å². The predicted octanol–water partition coefficient (Wildman–Crippen LogP) is 1.84. The fourth-order valence-electron chi connectivity index (χ4n) is 0.732. The average molecular weight is 220 g/mol. The van der Waals surface area contributed by atoms with Crippen LogP contribution in [0.25, 0.3) is 0 Å². The molecule has 6 heteroatoms. The number of rotatable bonds is 3. The quantitative estimate of drug-likeness (QED) is 0.623. The number of carbonyl (C=O) groups is 1. The zero-order chi connectivity index (χ0) is 9.84. The smallest absolute Gasteiger partial charge is 0.359 e. The summed E-state index contributed by atoms with van der Waals surface area (Å²) < 4.78 is 0. The van der Waals surface area contributed by atoms with Crippen LogP contribution in [-0.4, -0.2) is 23.9 Å². The standard InChI is InChI=1S/C7H6ClNO3S/c1-12-9-5(7(10)11)6-4(8)2-3-13-6/h2-3H,1H3,(H,10,11)/b9-5-. The topological polar surface area (TPSA) is 58.9 Å². The third-order valence-corrected chi connectivity index (χ3v) is 2.57. The molecule has 1 aromatic heterocycles. The lowest BCUT2D eigenvalue weighted by atomic mass is 10.3. The van der Waals surface area contributed by atoms with Crippen molar-refractivity contribution >= 4 is 34.6 Å². The second kappa shape index (κ2) is 4.25. The molecule has 0 spiro atoms. The van der Waals surface area contributed by atoms with E-state index in [0.29, 0.717) is 9.90 Å². The van der Waals surface area contributed by atoms with Gasteiger partial charge in [0.2, 0.25) is 5.71 Å². The van der Waals surface area contributed by atoms with Crippen LogP contribution >= 0.6 is 22.9 Å². The van der Waals surface area contributed by atoms with Crippen LogP contribution in [0.15, 0.2) is 16.6 Å². The van der Waals surface area contributed by atoms with Crippen molar-refractivity contribution in [1.29, 1.82) is 0 Å². The first kappa shape index (κ1) is 10.0. The van der Waals surface area contributed by atoms with E-state index in [4.69, 9.17) is 16.7 Å².